The molecule has 1 heterocycles. The van der Waals surface area contributed by atoms with Crippen LogP contribution in [0.25, 0.3) is 0 Å². The van der Waals surface area contributed by atoms with E-state index in [1.807, 2.05) is 0 Å². The average molecular weight is 330 g/mol. The topological polar surface area (TPSA) is 97.5 Å². The van der Waals surface area contributed by atoms with Gasteiger partial charge in [0.25, 0.3) is 5.91 Å². The summed E-state index contributed by atoms with van der Waals surface area (Å²) < 4.78 is 10.2. The van der Waals surface area contributed by atoms with Crippen LogP contribution in [0.5, 0.6) is 5.75 Å². The van der Waals surface area contributed by atoms with E-state index in [1.165, 1.54) is 33.2 Å². The molecule has 0 saturated carbocycles. The van der Waals surface area contributed by atoms with Gasteiger partial charge in [-0.15, -0.1) is 0 Å². The Hall–Kier alpha value is -3.09. The highest BCUT2D eigenvalue weighted by Crippen LogP contribution is 2.17. The number of rotatable bonds is 6. The van der Waals surface area contributed by atoms with Crippen LogP contribution in [0.2, 0.25) is 0 Å². The zero-order valence-electron chi connectivity index (χ0n) is 13.6. The Balaban J connectivity index is 1.97. The number of methoxy groups -OCH3 is 1. The molecule has 7 nitrogen and oxygen atoms in total. The zero-order valence-corrected chi connectivity index (χ0v) is 13.6. The van der Waals surface area contributed by atoms with Gasteiger partial charge in [0.2, 0.25) is 0 Å². The average Bonchev–Trinajstić information content (AvgIpc) is 3.05. The lowest BCUT2D eigenvalue weighted by molar-refractivity contribution is -0.123. The van der Waals surface area contributed by atoms with Gasteiger partial charge >= 0.3 is 5.97 Å². The van der Waals surface area contributed by atoms with Crippen molar-refractivity contribution in [1.82, 2.24) is 4.98 Å². The highest BCUT2D eigenvalue weighted by atomic mass is 16.5. The molecule has 2 rings (SSSR count). The van der Waals surface area contributed by atoms with E-state index in [0.29, 0.717) is 17.0 Å². The van der Waals surface area contributed by atoms with Crippen LogP contribution in [0.15, 0.2) is 36.5 Å². The molecule has 0 aliphatic rings. The van der Waals surface area contributed by atoms with E-state index < -0.39 is 18.0 Å². The number of esters is 1. The lowest BCUT2D eigenvalue weighted by Crippen LogP contribution is -2.30. The number of nitrogens with one attached hydrogen (secondary N) is 2. The first-order valence-electron chi connectivity index (χ1n) is 7.26. The molecule has 2 N–H and O–H groups in total. The van der Waals surface area contributed by atoms with Crippen LogP contribution in [0.3, 0.4) is 0 Å². The standard InChI is InChI=1S/C17H18N2O5/c1-10(20)12-7-15(18-9-12)17(22)24-11(2)16(21)19-13-5-4-6-14(8-13)23-3/h4-9,11,18H,1-3H3,(H,19,21)/t11-/m0/s1. The quantitative estimate of drug-likeness (QED) is 0.626. The largest absolute Gasteiger partial charge is 0.497 e. The summed E-state index contributed by atoms with van der Waals surface area (Å²) in [6.07, 6.45) is 0.410. The van der Waals surface area contributed by atoms with Crippen molar-refractivity contribution in [3.05, 3.63) is 47.8 Å². The highest BCUT2D eigenvalue weighted by molar-refractivity contribution is 5.99. The van der Waals surface area contributed by atoms with Crippen LogP contribution >= 0.6 is 0 Å². The summed E-state index contributed by atoms with van der Waals surface area (Å²) in [5.74, 6) is -0.763. The number of carbonyl (C=O) groups is 3. The van der Waals surface area contributed by atoms with E-state index in [9.17, 15) is 14.4 Å². The van der Waals surface area contributed by atoms with Gasteiger partial charge in [-0.1, -0.05) is 6.07 Å². The molecule has 0 bridgehead atoms. The summed E-state index contributed by atoms with van der Waals surface area (Å²) in [7, 11) is 1.52. The molecule has 126 valence electrons. The van der Waals surface area contributed by atoms with Crippen LogP contribution in [-0.2, 0) is 9.53 Å². The van der Waals surface area contributed by atoms with Crippen molar-refractivity contribution in [3.63, 3.8) is 0 Å². The van der Waals surface area contributed by atoms with Gasteiger partial charge in [0.15, 0.2) is 11.9 Å². The maximum atomic E-state index is 12.1. The maximum Gasteiger partial charge on any atom is 0.355 e. The second-order valence-corrected chi connectivity index (χ2v) is 5.13. The van der Waals surface area contributed by atoms with Crippen LogP contribution < -0.4 is 10.1 Å². The Kier molecular flexibility index (Phi) is 5.36. The number of hydrogen-bond acceptors (Lipinski definition) is 5. The summed E-state index contributed by atoms with van der Waals surface area (Å²) in [4.78, 5) is 38.0. The van der Waals surface area contributed by atoms with E-state index in [2.05, 4.69) is 10.3 Å². The first-order chi connectivity index (χ1) is 11.4. The number of Topliss-reactive ketones (excluding diaryl/α,β-unsaturated/α-hetero) is 1. The van der Waals surface area contributed by atoms with Gasteiger partial charge < -0.3 is 19.8 Å². The van der Waals surface area contributed by atoms with E-state index in [0.717, 1.165) is 0 Å². The third kappa shape index (κ3) is 4.22. The Morgan fingerprint density at radius 2 is 1.96 bits per heavy atom. The lowest BCUT2D eigenvalue weighted by Gasteiger charge is -2.13. The van der Waals surface area contributed by atoms with Crippen molar-refractivity contribution in [1.29, 1.82) is 0 Å². The molecule has 1 amide bonds. The van der Waals surface area contributed by atoms with Gasteiger partial charge in [0.1, 0.15) is 11.4 Å². The van der Waals surface area contributed by atoms with Gasteiger partial charge in [-0.2, -0.15) is 0 Å². The number of H-pyrrole nitrogens is 1. The summed E-state index contributed by atoms with van der Waals surface area (Å²) in [5, 5.41) is 2.64. The third-order valence-electron chi connectivity index (χ3n) is 3.30. The number of aromatic nitrogens is 1. The fourth-order valence-corrected chi connectivity index (χ4v) is 1.94. The second kappa shape index (κ2) is 7.45. The molecular formula is C17H18N2O5. The van der Waals surface area contributed by atoms with Crippen LogP contribution in [0.1, 0.15) is 34.7 Å². The minimum Gasteiger partial charge on any atom is -0.497 e. The number of anilines is 1. The van der Waals surface area contributed by atoms with Crippen LogP contribution in [-0.4, -0.2) is 35.9 Å². The van der Waals surface area contributed by atoms with E-state index >= 15 is 0 Å². The van der Waals surface area contributed by atoms with Crippen LogP contribution in [0, 0.1) is 0 Å². The summed E-state index contributed by atoms with van der Waals surface area (Å²) >= 11 is 0. The lowest BCUT2D eigenvalue weighted by atomic mass is 10.2. The Bertz CT molecular complexity index is 766. The van der Waals surface area contributed by atoms with E-state index in [4.69, 9.17) is 9.47 Å². The summed E-state index contributed by atoms with van der Waals surface area (Å²) in [6, 6.07) is 8.21. The number of ketones is 1. The monoisotopic (exact) mass is 330 g/mol. The molecule has 0 aliphatic carbocycles. The number of aromatic amines is 1. The fraction of sp³-hybridized carbons (Fsp3) is 0.235. The summed E-state index contributed by atoms with van der Waals surface area (Å²) in [5.41, 5.74) is 1.01. The molecule has 0 radical (unpaired) electrons. The fourth-order valence-electron chi connectivity index (χ4n) is 1.94. The molecule has 7 heteroatoms. The van der Waals surface area contributed by atoms with E-state index in [-0.39, 0.29) is 11.5 Å². The zero-order chi connectivity index (χ0) is 17.7. The Labute approximate surface area is 139 Å². The van der Waals surface area contributed by atoms with Crippen molar-refractivity contribution in [2.45, 2.75) is 20.0 Å². The summed E-state index contributed by atoms with van der Waals surface area (Å²) in [6.45, 7) is 2.85. The molecule has 0 spiro atoms. The molecule has 0 saturated heterocycles. The molecular weight excluding hydrogens is 312 g/mol. The number of hydrogen-bond donors (Lipinski definition) is 2. The number of benzene rings is 1. The highest BCUT2D eigenvalue weighted by Gasteiger charge is 2.20. The van der Waals surface area contributed by atoms with Crippen LogP contribution in [0.4, 0.5) is 5.69 Å². The molecule has 1 atom stereocenters. The van der Waals surface area contributed by atoms with Gasteiger partial charge in [-0.05, 0) is 32.0 Å². The van der Waals surface area contributed by atoms with Crippen molar-refractivity contribution < 1.29 is 23.9 Å². The van der Waals surface area contributed by atoms with Crippen molar-refractivity contribution in [2.24, 2.45) is 0 Å². The first-order valence-corrected chi connectivity index (χ1v) is 7.26. The van der Waals surface area contributed by atoms with Crippen molar-refractivity contribution in [2.75, 3.05) is 12.4 Å². The first kappa shape index (κ1) is 17.3. The van der Waals surface area contributed by atoms with Gasteiger partial charge in [0.05, 0.1) is 7.11 Å². The third-order valence-corrected chi connectivity index (χ3v) is 3.30. The number of ether oxygens (including phenoxy) is 2. The maximum absolute atomic E-state index is 12.1. The van der Waals surface area contributed by atoms with Gasteiger partial charge in [0, 0.05) is 23.5 Å². The van der Waals surface area contributed by atoms with Gasteiger partial charge in [-0.3, -0.25) is 9.59 Å². The predicted molar refractivity (Wildman–Crippen MR) is 87.3 cm³/mol. The molecule has 0 fully saturated rings. The molecule has 0 aliphatic heterocycles. The number of amides is 1. The second-order valence-electron chi connectivity index (χ2n) is 5.13. The van der Waals surface area contributed by atoms with Gasteiger partial charge in [-0.25, -0.2) is 4.79 Å². The number of carbonyl (C=O) groups excluding carboxylic acids is 3. The molecule has 1 aromatic carbocycles. The predicted octanol–water partition coefficient (Wildman–Crippen LogP) is 2.41. The van der Waals surface area contributed by atoms with Crippen molar-refractivity contribution in [3.8, 4) is 5.75 Å². The minimum atomic E-state index is -1.01. The molecule has 1 aromatic heterocycles. The Morgan fingerprint density at radius 3 is 2.58 bits per heavy atom. The molecule has 0 unspecified atom stereocenters. The normalized spacial score (nSPS) is 11.5. The van der Waals surface area contributed by atoms with Crippen molar-refractivity contribution >= 4 is 23.3 Å². The molecule has 24 heavy (non-hydrogen) atoms. The smallest absolute Gasteiger partial charge is 0.355 e. The molecule has 2 aromatic rings. The Morgan fingerprint density at radius 1 is 1.21 bits per heavy atom. The minimum absolute atomic E-state index is 0.112. The van der Waals surface area contributed by atoms with E-state index in [1.54, 1.807) is 24.3 Å². The SMILES string of the molecule is COc1cccc(NC(=O)[C@H](C)OC(=O)c2cc(C(C)=O)c[nH]2)c1.